The number of benzene rings is 1. The molecule has 1 aromatic rings. The van der Waals surface area contributed by atoms with Crippen molar-refractivity contribution in [2.45, 2.75) is 20.8 Å². The summed E-state index contributed by atoms with van der Waals surface area (Å²) in [6.07, 6.45) is 0. The summed E-state index contributed by atoms with van der Waals surface area (Å²) in [6.45, 7) is 7.44. The van der Waals surface area contributed by atoms with Gasteiger partial charge in [-0.05, 0) is 45.6 Å². The highest BCUT2D eigenvalue weighted by molar-refractivity contribution is 5.96. The zero-order valence-corrected chi connectivity index (χ0v) is 14.3. The van der Waals surface area contributed by atoms with Gasteiger partial charge in [0.1, 0.15) is 6.54 Å². The summed E-state index contributed by atoms with van der Waals surface area (Å²) in [5.41, 5.74) is 1.99. The quantitative estimate of drug-likeness (QED) is 0.771. The van der Waals surface area contributed by atoms with Gasteiger partial charge in [0.2, 0.25) is 11.8 Å². The lowest BCUT2D eigenvalue weighted by molar-refractivity contribution is -0.133. The van der Waals surface area contributed by atoms with Gasteiger partial charge in [-0.2, -0.15) is 0 Å². The van der Waals surface area contributed by atoms with Gasteiger partial charge in [-0.1, -0.05) is 12.1 Å². The van der Waals surface area contributed by atoms with E-state index in [0.717, 1.165) is 17.8 Å². The first-order valence-electron chi connectivity index (χ1n) is 7.62. The lowest BCUT2D eigenvalue weighted by Crippen LogP contribution is -2.44. The summed E-state index contributed by atoms with van der Waals surface area (Å²) in [6, 6.07) is 7.85. The number of amides is 2. The fraction of sp³-hybridized carbons (Fsp3) is 0.529. The molecule has 5 heteroatoms. The lowest BCUT2D eigenvalue weighted by Gasteiger charge is -2.27. The Morgan fingerprint density at radius 2 is 1.82 bits per heavy atom. The average Bonchev–Trinajstić information content (AvgIpc) is 2.43. The maximum atomic E-state index is 12.6. The van der Waals surface area contributed by atoms with Crippen LogP contribution in [-0.2, 0) is 9.59 Å². The molecule has 0 saturated heterocycles. The van der Waals surface area contributed by atoms with Crippen molar-refractivity contribution in [1.82, 2.24) is 9.80 Å². The highest BCUT2D eigenvalue weighted by atomic mass is 16.2. The van der Waals surface area contributed by atoms with Crippen LogP contribution in [0.5, 0.6) is 0 Å². The molecule has 5 nitrogen and oxygen atoms in total. The third-order valence-electron chi connectivity index (χ3n) is 3.52. The molecule has 0 unspecified atom stereocenters. The molecule has 0 aliphatic rings. The number of carbonyl (C=O) groups excluding carboxylic acids is 2. The minimum Gasteiger partial charge on any atom is -0.332 e. The Morgan fingerprint density at radius 3 is 2.32 bits per heavy atom. The second kappa shape index (κ2) is 8.54. The van der Waals surface area contributed by atoms with Crippen LogP contribution < -0.4 is 4.90 Å². The highest BCUT2D eigenvalue weighted by Gasteiger charge is 2.19. The molecule has 0 spiro atoms. The highest BCUT2D eigenvalue weighted by Crippen LogP contribution is 2.16. The first kappa shape index (κ1) is 18.2. The lowest BCUT2D eigenvalue weighted by atomic mass is 10.2. The van der Waals surface area contributed by atoms with E-state index in [9.17, 15) is 9.59 Å². The molecule has 2 amide bonds. The van der Waals surface area contributed by atoms with E-state index < -0.39 is 0 Å². The van der Waals surface area contributed by atoms with Gasteiger partial charge in [0.15, 0.2) is 0 Å². The van der Waals surface area contributed by atoms with E-state index in [4.69, 9.17) is 0 Å². The molecule has 0 heterocycles. The summed E-state index contributed by atoms with van der Waals surface area (Å²) < 4.78 is 0. The van der Waals surface area contributed by atoms with Gasteiger partial charge < -0.3 is 14.7 Å². The van der Waals surface area contributed by atoms with Crippen molar-refractivity contribution in [2.75, 3.05) is 45.2 Å². The Balaban J connectivity index is 2.80. The normalized spacial score (nSPS) is 10.6. The van der Waals surface area contributed by atoms with E-state index >= 15 is 0 Å². The predicted octanol–water partition coefficient (Wildman–Crippen LogP) is 1.76. The van der Waals surface area contributed by atoms with E-state index in [2.05, 4.69) is 0 Å². The molecule has 0 N–H and O–H groups in total. The van der Waals surface area contributed by atoms with Crippen molar-refractivity contribution in [3.63, 3.8) is 0 Å². The van der Waals surface area contributed by atoms with Crippen LogP contribution in [0.1, 0.15) is 19.4 Å². The summed E-state index contributed by atoms with van der Waals surface area (Å²) >= 11 is 0. The van der Waals surface area contributed by atoms with Crippen LogP contribution in [0.25, 0.3) is 0 Å². The van der Waals surface area contributed by atoms with Crippen LogP contribution in [0.4, 0.5) is 5.69 Å². The molecule has 122 valence electrons. The summed E-state index contributed by atoms with van der Waals surface area (Å²) in [5, 5.41) is 0. The Morgan fingerprint density at radius 1 is 1.14 bits per heavy atom. The van der Waals surface area contributed by atoms with Crippen LogP contribution in [-0.4, -0.2) is 61.9 Å². The number of likely N-dealkylation sites (N-methyl/N-ethyl adjacent to an activating group) is 2. The fourth-order valence-electron chi connectivity index (χ4n) is 2.22. The number of aryl methyl sites for hydroxylation is 1. The van der Waals surface area contributed by atoms with Gasteiger partial charge in [-0.3, -0.25) is 9.59 Å². The second-order valence-electron chi connectivity index (χ2n) is 5.72. The van der Waals surface area contributed by atoms with Crippen LogP contribution in [0, 0.1) is 6.92 Å². The second-order valence-corrected chi connectivity index (χ2v) is 5.72. The maximum Gasteiger partial charge on any atom is 0.246 e. The largest absolute Gasteiger partial charge is 0.332 e. The molecule has 0 aliphatic heterocycles. The van der Waals surface area contributed by atoms with Gasteiger partial charge in [0, 0.05) is 32.2 Å². The molecule has 0 aliphatic carbocycles. The van der Waals surface area contributed by atoms with Gasteiger partial charge in [-0.15, -0.1) is 0 Å². The summed E-state index contributed by atoms with van der Waals surface area (Å²) in [5.74, 6) is -0.127. The standard InChI is InChI=1S/C17H27N3O2/c1-6-20(16-9-7-8-14(2)12-16)17(22)13-19(15(3)21)11-10-18(4)5/h7-9,12H,6,10-11,13H2,1-5H3. The van der Waals surface area contributed by atoms with E-state index in [0.29, 0.717) is 13.1 Å². The number of carbonyl (C=O) groups is 2. The third kappa shape index (κ3) is 5.48. The third-order valence-corrected chi connectivity index (χ3v) is 3.52. The van der Waals surface area contributed by atoms with E-state index in [-0.39, 0.29) is 18.4 Å². The zero-order chi connectivity index (χ0) is 16.7. The molecule has 1 rings (SSSR count). The van der Waals surface area contributed by atoms with Crippen molar-refractivity contribution in [1.29, 1.82) is 0 Å². The molecule has 22 heavy (non-hydrogen) atoms. The Bertz CT molecular complexity index is 514. The van der Waals surface area contributed by atoms with Gasteiger partial charge in [-0.25, -0.2) is 0 Å². The van der Waals surface area contributed by atoms with E-state index in [1.54, 1.807) is 9.80 Å². The minimum atomic E-state index is -0.0736. The monoisotopic (exact) mass is 305 g/mol. The molecular weight excluding hydrogens is 278 g/mol. The Labute approximate surface area is 133 Å². The van der Waals surface area contributed by atoms with Gasteiger partial charge >= 0.3 is 0 Å². The smallest absolute Gasteiger partial charge is 0.246 e. The fourth-order valence-corrected chi connectivity index (χ4v) is 2.22. The first-order valence-corrected chi connectivity index (χ1v) is 7.62. The Kier molecular flexibility index (Phi) is 7.05. The SMILES string of the molecule is CCN(C(=O)CN(CCN(C)C)C(C)=O)c1cccc(C)c1. The molecule has 0 saturated carbocycles. The molecule has 1 aromatic carbocycles. The van der Waals surface area contributed by atoms with Crippen molar-refractivity contribution in [3.05, 3.63) is 29.8 Å². The predicted molar refractivity (Wildman–Crippen MR) is 90.0 cm³/mol. The molecule has 0 atom stereocenters. The van der Waals surface area contributed by atoms with Crippen LogP contribution in [0.3, 0.4) is 0 Å². The van der Waals surface area contributed by atoms with Crippen molar-refractivity contribution < 1.29 is 9.59 Å². The van der Waals surface area contributed by atoms with Crippen molar-refractivity contribution in [3.8, 4) is 0 Å². The summed E-state index contributed by atoms with van der Waals surface area (Å²) in [4.78, 5) is 29.6. The summed E-state index contributed by atoms with van der Waals surface area (Å²) in [7, 11) is 3.90. The maximum absolute atomic E-state index is 12.6. The first-order chi connectivity index (χ1) is 10.3. The van der Waals surface area contributed by atoms with Gasteiger partial charge in [0.05, 0.1) is 0 Å². The van der Waals surface area contributed by atoms with Crippen LogP contribution in [0.2, 0.25) is 0 Å². The van der Waals surface area contributed by atoms with E-state index in [1.807, 2.05) is 57.1 Å². The topological polar surface area (TPSA) is 43.9 Å². The number of hydrogen-bond acceptors (Lipinski definition) is 3. The number of anilines is 1. The van der Waals surface area contributed by atoms with Gasteiger partial charge in [0.25, 0.3) is 0 Å². The molecule has 0 fully saturated rings. The number of hydrogen-bond donors (Lipinski definition) is 0. The molecular formula is C17H27N3O2. The minimum absolute atomic E-state index is 0.0537. The van der Waals surface area contributed by atoms with E-state index in [1.165, 1.54) is 6.92 Å². The Hall–Kier alpha value is -1.88. The van der Waals surface area contributed by atoms with Crippen molar-refractivity contribution in [2.24, 2.45) is 0 Å². The molecule has 0 radical (unpaired) electrons. The zero-order valence-electron chi connectivity index (χ0n) is 14.3. The number of rotatable bonds is 7. The average molecular weight is 305 g/mol. The molecule has 0 bridgehead atoms. The van der Waals surface area contributed by atoms with Crippen molar-refractivity contribution >= 4 is 17.5 Å². The molecule has 0 aromatic heterocycles. The van der Waals surface area contributed by atoms with Crippen LogP contribution in [0.15, 0.2) is 24.3 Å². The van der Waals surface area contributed by atoms with Crippen LogP contribution >= 0.6 is 0 Å². The number of nitrogens with zero attached hydrogens (tertiary/aromatic N) is 3.